The van der Waals surface area contributed by atoms with Crippen LogP contribution in [0.4, 0.5) is 0 Å². The van der Waals surface area contributed by atoms with E-state index in [-0.39, 0.29) is 5.41 Å². The number of hydrogen-bond acceptors (Lipinski definition) is 4. The van der Waals surface area contributed by atoms with Gasteiger partial charge in [0.2, 0.25) is 0 Å². The second kappa shape index (κ2) is 12.0. The highest BCUT2D eigenvalue weighted by atomic mass is 15.0. The van der Waals surface area contributed by atoms with Gasteiger partial charge in [-0.05, 0) is 74.0 Å². The summed E-state index contributed by atoms with van der Waals surface area (Å²) in [5.41, 5.74) is 12.7. The molecule has 0 bridgehead atoms. The summed E-state index contributed by atoms with van der Waals surface area (Å²) in [6.07, 6.45) is 0. The Hall–Kier alpha value is -6.70. The van der Waals surface area contributed by atoms with E-state index in [4.69, 9.17) is 15.0 Å². The molecule has 1 aromatic heterocycles. The van der Waals surface area contributed by atoms with Gasteiger partial charge in [-0.3, -0.25) is 0 Å². The Morgan fingerprint density at radius 2 is 0.941 bits per heavy atom. The van der Waals surface area contributed by atoms with E-state index in [1.165, 1.54) is 16.7 Å². The van der Waals surface area contributed by atoms with Gasteiger partial charge in [-0.1, -0.05) is 147 Å². The Morgan fingerprint density at radius 3 is 1.55 bits per heavy atom. The maximum atomic E-state index is 9.82. The monoisotopic (exact) mass is 652 g/mol. The van der Waals surface area contributed by atoms with Crippen LogP contribution in [0.3, 0.4) is 0 Å². The van der Waals surface area contributed by atoms with Crippen LogP contribution in [0.25, 0.3) is 78.3 Å². The molecule has 0 radical (unpaired) electrons. The minimum atomic E-state index is -0.176. The van der Waals surface area contributed by atoms with E-state index >= 15 is 0 Å². The Kier molecular flexibility index (Phi) is 7.15. The van der Waals surface area contributed by atoms with E-state index in [0.717, 1.165) is 60.8 Å². The van der Waals surface area contributed by atoms with Gasteiger partial charge in [0.25, 0.3) is 0 Å². The van der Waals surface area contributed by atoms with Gasteiger partial charge in [0.15, 0.2) is 17.5 Å². The minimum absolute atomic E-state index is 0.176. The second-order valence-corrected chi connectivity index (χ2v) is 13.6. The summed E-state index contributed by atoms with van der Waals surface area (Å²) in [4.78, 5) is 14.7. The van der Waals surface area contributed by atoms with E-state index < -0.39 is 0 Å². The highest BCUT2D eigenvalue weighted by molar-refractivity contribution is 5.91. The van der Waals surface area contributed by atoms with Crippen LogP contribution in [0.15, 0.2) is 158 Å². The van der Waals surface area contributed by atoms with E-state index in [1.54, 1.807) is 0 Å². The maximum Gasteiger partial charge on any atom is 0.164 e. The first-order valence-electron chi connectivity index (χ1n) is 17.2. The van der Waals surface area contributed by atoms with E-state index in [0.29, 0.717) is 17.5 Å². The fraction of sp³-hybridized carbons (Fsp3) is 0.0638. The molecule has 240 valence electrons. The third-order valence-corrected chi connectivity index (χ3v) is 10.2. The lowest BCUT2D eigenvalue weighted by molar-refractivity contribution is 0.660. The molecule has 4 nitrogen and oxygen atoms in total. The van der Waals surface area contributed by atoms with Crippen molar-refractivity contribution in [3.63, 3.8) is 0 Å². The third kappa shape index (κ3) is 5.28. The van der Waals surface area contributed by atoms with Gasteiger partial charge < -0.3 is 0 Å². The summed E-state index contributed by atoms with van der Waals surface area (Å²) in [7, 11) is 0. The van der Waals surface area contributed by atoms with Crippen molar-refractivity contribution in [1.29, 1.82) is 5.26 Å². The Labute approximate surface area is 297 Å². The molecule has 0 N–H and O–H groups in total. The van der Waals surface area contributed by atoms with Crippen molar-refractivity contribution in [1.82, 2.24) is 15.0 Å². The normalized spacial score (nSPS) is 12.6. The van der Waals surface area contributed by atoms with Crippen LogP contribution >= 0.6 is 0 Å². The zero-order chi connectivity index (χ0) is 34.5. The lowest BCUT2D eigenvalue weighted by Crippen LogP contribution is -2.15. The van der Waals surface area contributed by atoms with Crippen molar-refractivity contribution in [3.8, 4) is 73.6 Å². The van der Waals surface area contributed by atoms with Crippen molar-refractivity contribution in [2.45, 2.75) is 19.3 Å². The average molecular weight is 653 g/mol. The first kappa shape index (κ1) is 30.4. The molecule has 7 aromatic carbocycles. The number of aromatic nitrogens is 3. The quantitative estimate of drug-likeness (QED) is 0.186. The summed E-state index contributed by atoms with van der Waals surface area (Å²) in [6.45, 7) is 4.50. The van der Waals surface area contributed by atoms with Crippen LogP contribution in [-0.4, -0.2) is 15.0 Å². The highest BCUT2D eigenvalue weighted by Gasteiger charge is 2.37. The van der Waals surface area contributed by atoms with Crippen molar-refractivity contribution in [3.05, 3.63) is 174 Å². The molecule has 1 aliphatic rings. The zero-order valence-electron chi connectivity index (χ0n) is 28.3. The summed E-state index contributed by atoms with van der Waals surface area (Å²) in [5.74, 6) is 1.94. The Morgan fingerprint density at radius 1 is 0.431 bits per heavy atom. The summed E-state index contributed by atoms with van der Waals surface area (Å²) < 4.78 is 0. The summed E-state index contributed by atoms with van der Waals surface area (Å²) in [6, 6.07) is 57.1. The topological polar surface area (TPSA) is 62.5 Å². The van der Waals surface area contributed by atoms with Gasteiger partial charge in [-0.2, -0.15) is 5.26 Å². The molecule has 51 heavy (non-hydrogen) atoms. The molecule has 0 unspecified atom stereocenters. The molecule has 8 aromatic rings. The fourth-order valence-corrected chi connectivity index (χ4v) is 7.42. The number of fused-ring (bicyclic) bond motifs is 4. The molecule has 0 saturated carbocycles. The number of rotatable bonds is 5. The van der Waals surface area contributed by atoms with E-state index in [1.807, 2.05) is 72.8 Å². The Bertz CT molecular complexity index is 2600. The molecular formula is C47H32N4. The van der Waals surface area contributed by atoms with Crippen LogP contribution in [0.5, 0.6) is 0 Å². The molecule has 9 rings (SSSR count). The molecule has 0 aliphatic heterocycles. The molecule has 0 spiro atoms. The number of benzene rings is 7. The third-order valence-electron chi connectivity index (χ3n) is 10.2. The summed E-state index contributed by atoms with van der Waals surface area (Å²) in [5, 5.41) is 12.1. The lowest BCUT2D eigenvalue weighted by Gasteiger charge is -2.22. The van der Waals surface area contributed by atoms with Crippen LogP contribution in [0.1, 0.15) is 30.5 Å². The molecule has 0 amide bonds. The first-order valence-corrected chi connectivity index (χ1v) is 17.2. The van der Waals surface area contributed by atoms with Gasteiger partial charge in [-0.25, -0.2) is 15.0 Å². The van der Waals surface area contributed by atoms with Gasteiger partial charge >= 0.3 is 0 Å². The van der Waals surface area contributed by atoms with Crippen molar-refractivity contribution >= 4 is 10.8 Å². The van der Waals surface area contributed by atoms with Gasteiger partial charge in [-0.15, -0.1) is 0 Å². The van der Waals surface area contributed by atoms with Gasteiger partial charge in [0, 0.05) is 27.7 Å². The zero-order valence-corrected chi connectivity index (χ0v) is 28.3. The molecule has 1 aliphatic carbocycles. The van der Waals surface area contributed by atoms with Crippen molar-refractivity contribution in [2.75, 3.05) is 0 Å². The molecule has 0 saturated heterocycles. The highest BCUT2D eigenvalue weighted by Crippen LogP contribution is 2.50. The standard InChI is InChI=1S/C47H32N4/c1-47(2)41-15-9-14-38(29-48)43(41)40-25-24-36(28-42(40)47)31-18-16-30(17-19-31)35-22-20-32-21-23-37(27-39(32)26-35)46-50-44(33-10-5-3-6-11-33)49-45(51-46)34-12-7-4-8-13-34/h3-28H,1-2H3. The fourth-order valence-electron chi connectivity index (χ4n) is 7.42. The van der Waals surface area contributed by atoms with E-state index in [9.17, 15) is 5.26 Å². The average Bonchev–Trinajstić information content (AvgIpc) is 3.43. The maximum absolute atomic E-state index is 9.82. The van der Waals surface area contributed by atoms with Crippen LogP contribution < -0.4 is 0 Å². The van der Waals surface area contributed by atoms with Crippen LogP contribution in [0.2, 0.25) is 0 Å². The van der Waals surface area contributed by atoms with Crippen molar-refractivity contribution in [2.24, 2.45) is 0 Å². The van der Waals surface area contributed by atoms with Gasteiger partial charge in [0.1, 0.15) is 0 Å². The first-order chi connectivity index (χ1) is 25.0. The predicted molar refractivity (Wildman–Crippen MR) is 207 cm³/mol. The number of hydrogen-bond donors (Lipinski definition) is 0. The van der Waals surface area contributed by atoms with Gasteiger partial charge in [0.05, 0.1) is 11.6 Å². The minimum Gasteiger partial charge on any atom is -0.208 e. The molecular weight excluding hydrogens is 621 g/mol. The van der Waals surface area contributed by atoms with Crippen LogP contribution in [-0.2, 0) is 5.41 Å². The molecule has 1 heterocycles. The molecule has 4 heteroatoms. The predicted octanol–water partition coefficient (Wildman–Crippen LogP) is 11.5. The number of nitriles is 1. The Balaban J connectivity index is 1.05. The van der Waals surface area contributed by atoms with Crippen molar-refractivity contribution < 1.29 is 0 Å². The SMILES string of the molecule is CC1(C)c2cc(-c3ccc(-c4ccc5ccc(-c6nc(-c7ccccc7)nc(-c7ccccc7)n6)cc5c4)cc3)ccc2-c2c(C#N)cccc21. The molecule has 0 fully saturated rings. The second-order valence-electron chi connectivity index (χ2n) is 13.6. The lowest BCUT2D eigenvalue weighted by atomic mass is 9.81. The smallest absolute Gasteiger partial charge is 0.164 e. The largest absolute Gasteiger partial charge is 0.208 e. The number of nitrogens with zero attached hydrogens (tertiary/aromatic N) is 4. The summed E-state index contributed by atoms with van der Waals surface area (Å²) >= 11 is 0. The van der Waals surface area contributed by atoms with E-state index in [2.05, 4.69) is 105 Å². The molecule has 0 atom stereocenters. The van der Waals surface area contributed by atoms with Crippen LogP contribution in [0, 0.1) is 11.3 Å².